The zero-order valence-electron chi connectivity index (χ0n) is 16.5. The van der Waals surface area contributed by atoms with Gasteiger partial charge in [0.25, 0.3) is 0 Å². The molecule has 29 heavy (non-hydrogen) atoms. The first-order valence-corrected chi connectivity index (χ1v) is 12.0. The molecule has 0 amide bonds. The van der Waals surface area contributed by atoms with Crippen LogP contribution in [0.1, 0.15) is 25.8 Å². The highest BCUT2D eigenvalue weighted by Gasteiger charge is 2.24. The van der Waals surface area contributed by atoms with Crippen LogP contribution >= 0.6 is 18.9 Å². The summed E-state index contributed by atoms with van der Waals surface area (Å²) in [5.74, 6) is -0.341. The van der Waals surface area contributed by atoms with Gasteiger partial charge >= 0.3 is 13.6 Å². The first-order valence-electron chi connectivity index (χ1n) is 9.45. The number of benzene rings is 2. The van der Waals surface area contributed by atoms with E-state index in [1.54, 1.807) is 18.3 Å². The molecular formula is C21H24NO5PS. The Labute approximate surface area is 174 Å². The fraction of sp³-hybridized carbons (Fsp3) is 0.333. The van der Waals surface area contributed by atoms with Crippen molar-refractivity contribution >= 4 is 35.1 Å². The lowest BCUT2D eigenvalue weighted by atomic mass is 10.2. The molecule has 0 aliphatic carbocycles. The van der Waals surface area contributed by atoms with Gasteiger partial charge in [0.2, 0.25) is 0 Å². The van der Waals surface area contributed by atoms with E-state index in [-0.39, 0.29) is 25.3 Å². The molecule has 0 saturated carbocycles. The van der Waals surface area contributed by atoms with Crippen molar-refractivity contribution in [3.8, 4) is 10.6 Å². The van der Waals surface area contributed by atoms with E-state index in [0.29, 0.717) is 13.0 Å². The second-order valence-electron chi connectivity index (χ2n) is 6.40. The number of fused-ring (bicyclic) bond motifs is 1. The van der Waals surface area contributed by atoms with E-state index in [2.05, 4.69) is 11.1 Å². The average molecular weight is 433 g/mol. The minimum Gasteiger partial charge on any atom is -0.466 e. The molecule has 3 aromatic rings. The van der Waals surface area contributed by atoms with E-state index >= 15 is 0 Å². The summed E-state index contributed by atoms with van der Waals surface area (Å²) < 4.78 is 30.0. The zero-order valence-corrected chi connectivity index (χ0v) is 18.2. The van der Waals surface area contributed by atoms with E-state index in [1.807, 2.05) is 42.5 Å². The molecule has 0 aliphatic heterocycles. The van der Waals surface area contributed by atoms with Gasteiger partial charge < -0.3 is 13.8 Å². The Morgan fingerprint density at radius 2 is 1.83 bits per heavy atom. The minimum absolute atomic E-state index is 0.189. The Morgan fingerprint density at radius 3 is 2.52 bits per heavy atom. The lowest BCUT2D eigenvalue weighted by molar-refractivity contribution is -0.141. The quantitative estimate of drug-likeness (QED) is 0.233. The van der Waals surface area contributed by atoms with E-state index in [9.17, 15) is 9.36 Å². The zero-order chi connectivity index (χ0) is 20.7. The summed E-state index contributed by atoms with van der Waals surface area (Å²) in [6, 6.07) is 15.8. The molecule has 1 atom stereocenters. The number of carbonyl (C=O) groups is 1. The van der Waals surface area contributed by atoms with E-state index in [0.717, 1.165) is 26.4 Å². The van der Waals surface area contributed by atoms with Crippen molar-refractivity contribution < 1.29 is 23.1 Å². The van der Waals surface area contributed by atoms with Crippen LogP contribution in [-0.2, 0) is 29.3 Å². The van der Waals surface area contributed by atoms with Gasteiger partial charge in [-0.25, -0.2) is 4.98 Å². The molecule has 0 saturated heterocycles. The Balaban J connectivity index is 1.64. The maximum atomic E-state index is 13.0. The summed E-state index contributed by atoms with van der Waals surface area (Å²) >= 11 is 1.64. The third-order valence-electron chi connectivity index (χ3n) is 4.08. The molecule has 0 N–H and O–H groups in total. The lowest BCUT2D eigenvalue weighted by Crippen LogP contribution is -2.05. The van der Waals surface area contributed by atoms with Gasteiger partial charge in [-0.15, -0.1) is 11.3 Å². The SMILES string of the molecule is CCOP(=O)(Cc1ccc(-c2nc3ccccc3s2)cc1)OCCCOC(C)=O. The van der Waals surface area contributed by atoms with Crippen molar-refractivity contribution in [2.45, 2.75) is 26.4 Å². The van der Waals surface area contributed by atoms with E-state index < -0.39 is 7.60 Å². The number of thiazole rings is 1. The Bertz CT molecular complexity index is 969. The summed E-state index contributed by atoms with van der Waals surface area (Å²) in [5.41, 5.74) is 2.87. The van der Waals surface area contributed by atoms with Gasteiger partial charge in [0, 0.05) is 18.9 Å². The predicted molar refractivity (Wildman–Crippen MR) is 115 cm³/mol. The molecule has 1 aromatic heterocycles. The highest BCUT2D eigenvalue weighted by Crippen LogP contribution is 2.51. The summed E-state index contributed by atoms with van der Waals surface area (Å²) in [6.07, 6.45) is 0.654. The van der Waals surface area contributed by atoms with Gasteiger partial charge in [-0.3, -0.25) is 9.36 Å². The summed E-state index contributed by atoms with van der Waals surface area (Å²) in [4.78, 5) is 15.4. The second kappa shape index (κ2) is 10.1. The third-order valence-corrected chi connectivity index (χ3v) is 7.14. The third kappa shape index (κ3) is 6.21. The largest absolute Gasteiger partial charge is 0.466 e. The van der Waals surface area contributed by atoms with Crippen molar-refractivity contribution in [3.05, 3.63) is 54.1 Å². The number of esters is 1. The first-order chi connectivity index (χ1) is 14.0. The van der Waals surface area contributed by atoms with Crippen molar-refractivity contribution in [2.24, 2.45) is 0 Å². The molecule has 0 bridgehead atoms. The van der Waals surface area contributed by atoms with Crippen molar-refractivity contribution in [3.63, 3.8) is 0 Å². The summed E-state index contributed by atoms with van der Waals surface area (Å²) in [6.45, 7) is 3.87. The van der Waals surface area contributed by atoms with Gasteiger partial charge in [-0.2, -0.15) is 0 Å². The van der Waals surface area contributed by atoms with Gasteiger partial charge in [-0.05, 0) is 24.6 Å². The Kier molecular flexibility index (Phi) is 7.56. The molecule has 0 radical (unpaired) electrons. The number of rotatable bonds is 10. The highest BCUT2D eigenvalue weighted by molar-refractivity contribution is 7.53. The Hall–Kier alpha value is -2.05. The number of nitrogens with zero attached hydrogens (tertiary/aromatic N) is 1. The molecule has 154 valence electrons. The number of para-hydroxylation sites is 1. The van der Waals surface area contributed by atoms with Crippen molar-refractivity contribution in [1.82, 2.24) is 4.98 Å². The molecule has 1 unspecified atom stereocenters. The monoisotopic (exact) mass is 433 g/mol. The smallest absolute Gasteiger partial charge is 0.335 e. The second-order valence-corrected chi connectivity index (χ2v) is 9.48. The van der Waals surface area contributed by atoms with Crippen LogP contribution in [0.25, 0.3) is 20.8 Å². The van der Waals surface area contributed by atoms with Gasteiger partial charge in [0.05, 0.1) is 36.2 Å². The summed E-state index contributed by atoms with van der Waals surface area (Å²) in [7, 11) is -3.27. The number of ether oxygens (including phenoxy) is 1. The van der Waals surface area contributed by atoms with Crippen LogP contribution in [0.2, 0.25) is 0 Å². The van der Waals surface area contributed by atoms with Crippen LogP contribution in [0.15, 0.2) is 48.5 Å². The number of hydrogen-bond acceptors (Lipinski definition) is 7. The molecule has 1 heterocycles. The van der Waals surface area contributed by atoms with Crippen molar-refractivity contribution in [2.75, 3.05) is 19.8 Å². The molecule has 0 aliphatic rings. The lowest BCUT2D eigenvalue weighted by Gasteiger charge is -2.18. The Morgan fingerprint density at radius 1 is 1.07 bits per heavy atom. The van der Waals surface area contributed by atoms with Crippen LogP contribution in [0.3, 0.4) is 0 Å². The number of hydrogen-bond donors (Lipinski definition) is 0. The van der Waals surface area contributed by atoms with E-state index in [1.165, 1.54) is 6.92 Å². The van der Waals surface area contributed by atoms with E-state index in [4.69, 9.17) is 13.8 Å². The number of aromatic nitrogens is 1. The van der Waals surface area contributed by atoms with Crippen LogP contribution < -0.4 is 0 Å². The van der Waals surface area contributed by atoms with Gasteiger partial charge in [0.15, 0.2) is 0 Å². The fourth-order valence-corrected chi connectivity index (χ4v) is 5.46. The van der Waals surface area contributed by atoms with Crippen LogP contribution in [0.4, 0.5) is 0 Å². The molecule has 0 spiro atoms. The molecule has 0 fully saturated rings. The molecule has 2 aromatic carbocycles. The van der Waals surface area contributed by atoms with Crippen LogP contribution in [0, 0.1) is 0 Å². The fourth-order valence-electron chi connectivity index (χ4n) is 2.78. The summed E-state index contributed by atoms with van der Waals surface area (Å²) in [5, 5.41) is 0.951. The molecular weight excluding hydrogens is 409 g/mol. The topological polar surface area (TPSA) is 74.7 Å². The standard InChI is InChI=1S/C21H24NO5PS/c1-3-26-28(24,27-14-6-13-25-16(2)23)15-17-9-11-18(12-10-17)21-22-19-7-4-5-8-20(19)29-21/h4-5,7-12H,3,6,13-15H2,1-2H3. The highest BCUT2D eigenvalue weighted by atomic mass is 32.1. The average Bonchev–Trinajstić information content (AvgIpc) is 3.12. The number of carbonyl (C=O) groups excluding carboxylic acids is 1. The molecule has 8 heteroatoms. The molecule has 6 nitrogen and oxygen atoms in total. The van der Waals surface area contributed by atoms with Gasteiger partial charge in [-0.1, -0.05) is 36.4 Å². The maximum absolute atomic E-state index is 13.0. The maximum Gasteiger partial charge on any atom is 0.335 e. The minimum atomic E-state index is -3.27. The first kappa shape index (κ1) is 21.7. The van der Waals surface area contributed by atoms with Crippen LogP contribution in [0.5, 0.6) is 0 Å². The molecule has 3 rings (SSSR count). The predicted octanol–water partition coefficient (Wildman–Crippen LogP) is 5.66. The normalized spacial score (nSPS) is 13.3. The van der Waals surface area contributed by atoms with Gasteiger partial charge in [0.1, 0.15) is 5.01 Å². The van der Waals surface area contributed by atoms with Crippen molar-refractivity contribution in [1.29, 1.82) is 0 Å². The van der Waals surface area contributed by atoms with Crippen LogP contribution in [-0.4, -0.2) is 30.8 Å².